The molecule has 0 bridgehead atoms. The highest BCUT2D eigenvalue weighted by molar-refractivity contribution is 7.99. The molecule has 5 aromatic rings. The second-order valence-electron chi connectivity index (χ2n) is 9.55. The van der Waals surface area contributed by atoms with Crippen molar-refractivity contribution in [3.63, 3.8) is 0 Å². The second-order valence-corrected chi connectivity index (χ2v) is 10.6. The Balaban J connectivity index is 1.67. The quantitative estimate of drug-likeness (QED) is 0.268. The first-order valence-electron chi connectivity index (χ1n) is 12.1. The summed E-state index contributed by atoms with van der Waals surface area (Å²) in [5.41, 5.74) is 11.3. The summed E-state index contributed by atoms with van der Waals surface area (Å²) < 4.78 is 11.7. The van der Waals surface area contributed by atoms with E-state index in [4.69, 9.17) is 19.9 Å². The lowest BCUT2D eigenvalue weighted by atomic mass is 9.84. The summed E-state index contributed by atoms with van der Waals surface area (Å²) >= 11 is 1.48. The van der Waals surface area contributed by atoms with Crippen LogP contribution in [0, 0.1) is 32.1 Å². The Kier molecular flexibility index (Phi) is 5.70. The average molecular weight is 518 g/mol. The summed E-state index contributed by atoms with van der Waals surface area (Å²) in [7, 11) is 0. The van der Waals surface area contributed by atoms with Gasteiger partial charge in [-0.15, -0.1) is 0 Å². The first kappa shape index (κ1) is 23.8. The molecule has 0 spiro atoms. The van der Waals surface area contributed by atoms with Crippen LogP contribution >= 0.6 is 11.8 Å². The van der Waals surface area contributed by atoms with Gasteiger partial charge in [0.2, 0.25) is 5.88 Å². The molecule has 2 aromatic heterocycles. The predicted octanol–water partition coefficient (Wildman–Crippen LogP) is 6.64. The van der Waals surface area contributed by atoms with Crippen molar-refractivity contribution in [1.29, 1.82) is 5.26 Å². The van der Waals surface area contributed by atoms with E-state index in [-0.39, 0.29) is 17.0 Å². The first-order valence-corrected chi connectivity index (χ1v) is 12.9. The van der Waals surface area contributed by atoms with E-state index in [1.807, 2.05) is 81.4 Å². The van der Waals surface area contributed by atoms with Crippen molar-refractivity contribution in [3.8, 4) is 11.8 Å². The molecule has 7 heteroatoms. The van der Waals surface area contributed by atoms with Crippen LogP contribution in [0.5, 0.6) is 5.75 Å². The van der Waals surface area contributed by atoms with Gasteiger partial charge in [-0.2, -0.15) is 5.26 Å². The third-order valence-corrected chi connectivity index (χ3v) is 7.76. The molecular formula is C31H23N3O3S. The second kappa shape index (κ2) is 9.09. The van der Waals surface area contributed by atoms with Crippen LogP contribution in [0.25, 0.3) is 21.9 Å². The van der Waals surface area contributed by atoms with Crippen LogP contribution in [0.2, 0.25) is 0 Å². The van der Waals surface area contributed by atoms with Gasteiger partial charge in [-0.1, -0.05) is 52.7 Å². The Labute approximate surface area is 223 Å². The van der Waals surface area contributed by atoms with Gasteiger partial charge >= 0.3 is 5.63 Å². The fourth-order valence-electron chi connectivity index (χ4n) is 4.85. The topological polar surface area (TPSA) is 102 Å². The third kappa shape index (κ3) is 4.00. The van der Waals surface area contributed by atoms with Crippen LogP contribution < -0.4 is 16.1 Å². The number of nitrogens with zero attached hydrogens (tertiary/aromatic N) is 2. The van der Waals surface area contributed by atoms with E-state index in [9.17, 15) is 10.1 Å². The van der Waals surface area contributed by atoms with E-state index in [0.29, 0.717) is 27.3 Å². The van der Waals surface area contributed by atoms with E-state index >= 15 is 0 Å². The molecule has 0 saturated carbocycles. The summed E-state index contributed by atoms with van der Waals surface area (Å²) in [4.78, 5) is 19.5. The predicted molar refractivity (Wildman–Crippen MR) is 148 cm³/mol. The molecule has 2 N–H and O–H groups in total. The number of aryl methyl sites for hydroxylation is 3. The molecule has 0 amide bonds. The smallest absolute Gasteiger partial charge is 0.344 e. The van der Waals surface area contributed by atoms with Crippen molar-refractivity contribution in [2.75, 3.05) is 0 Å². The van der Waals surface area contributed by atoms with Crippen LogP contribution in [0.1, 0.15) is 33.7 Å². The number of hydrogen-bond donors (Lipinski definition) is 1. The largest absolute Gasteiger partial charge is 0.439 e. The Bertz CT molecular complexity index is 1900. The molecule has 1 aliphatic heterocycles. The fourth-order valence-corrected chi connectivity index (χ4v) is 5.78. The number of aromatic nitrogens is 1. The molecule has 38 heavy (non-hydrogen) atoms. The molecule has 0 aliphatic carbocycles. The number of rotatable bonds is 3. The van der Waals surface area contributed by atoms with Crippen molar-refractivity contribution in [1.82, 2.24) is 4.98 Å². The molecule has 6 rings (SSSR count). The van der Waals surface area contributed by atoms with Gasteiger partial charge in [0.25, 0.3) is 0 Å². The fraction of sp³-hybridized carbons (Fsp3) is 0.129. The Morgan fingerprint density at radius 1 is 0.947 bits per heavy atom. The lowest BCUT2D eigenvalue weighted by Crippen LogP contribution is -2.27. The van der Waals surface area contributed by atoms with Crippen LogP contribution in [0.4, 0.5) is 0 Å². The highest BCUT2D eigenvalue weighted by Gasteiger charge is 2.37. The Hall–Kier alpha value is -4.54. The molecule has 0 saturated heterocycles. The van der Waals surface area contributed by atoms with Gasteiger partial charge in [0.15, 0.2) is 5.75 Å². The van der Waals surface area contributed by atoms with Gasteiger partial charge in [0, 0.05) is 10.3 Å². The van der Waals surface area contributed by atoms with Crippen LogP contribution in [0.15, 0.2) is 97.3 Å². The van der Waals surface area contributed by atoms with Gasteiger partial charge in [-0.3, -0.25) is 0 Å². The Morgan fingerprint density at radius 3 is 2.42 bits per heavy atom. The minimum Gasteiger partial charge on any atom is -0.439 e. The van der Waals surface area contributed by atoms with E-state index in [1.54, 1.807) is 6.07 Å². The lowest BCUT2D eigenvalue weighted by Gasteiger charge is -2.27. The van der Waals surface area contributed by atoms with Gasteiger partial charge in [-0.25, -0.2) is 9.78 Å². The average Bonchev–Trinajstić information content (AvgIpc) is 2.89. The molecule has 3 heterocycles. The van der Waals surface area contributed by atoms with Gasteiger partial charge < -0.3 is 14.9 Å². The number of hydrogen-bond acceptors (Lipinski definition) is 7. The number of fused-ring (bicyclic) bond motifs is 4. The minimum absolute atomic E-state index is 0.0333. The van der Waals surface area contributed by atoms with E-state index < -0.39 is 11.5 Å². The van der Waals surface area contributed by atoms with Gasteiger partial charge in [-0.05, 0) is 68.8 Å². The van der Waals surface area contributed by atoms with Crippen LogP contribution in [0.3, 0.4) is 0 Å². The first-order chi connectivity index (χ1) is 18.3. The third-order valence-electron chi connectivity index (χ3n) is 6.73. The molecule has 6 nitrogen and oxygen atoms in total. The SMILES string of the molecule is Cc1ccc(Sc2nc3ccc(C)cc3cc2C2C(C#N)=C(N)Oc3c2c(=O)oc2ccc(C)cc32)cc1. The molecule has 1 aliphatic rings. The highest BCUT2D eigenvalue weighted by Crippen LogP contribution is 2.47. The summed E-state index contributed by atoms with van der Waals surface area (Å²) in [6.45, 7) is 6.00. The molecular weight excluding hydrogens is 494 g/mol. The number of nitrogens with two attached hydrogens (primary N) is 1. The zero-order chi connectivity index (χ0) is 26.6. The van der Waals surface area contributed by atoms with E-state index in [0.717, 1.165) is 32.5 Å². The van der Waals surface area contributed by atoms with Crippen molar-refractivity contribution in [2.45, 2.75) is 36.6 Å². The van der Waals surface area contributed by atoms with Gasteiger partial charge in [0.05, 0.1) is 22.4 Å². The maximum absolute atomic E-state index is 13.5. The summed E-state index contributed by atoms with van der Waals surface area (Å²) in [6.07, 6.45) is 0. The zero-order valence-electron chi connectivity index (χ0n) is 21.0. The maximum Gasteiger partial charge on any atom is 0.344 e. The van der Waals surface area contributed by atoms with Crippen molar-refractivity contribution in [2.24, 2.45) is 5.73 Å². The van der Waals surface area contributed by atoms with Crippen molar-refractivity contribution >= 4 is 33.6 Å². The number of allylic oxidation sites excluding steroid dienone is 1. The van der Waals surface area contributed by atoms with E-state index in [1.165, 1.54) is 11.8 Å². The van der Waals surface area contributed by atoms with E-state index in [2.05, 4.69) is 6.07 Å². The lowest BCUT2D eigenvalue weighted by molar-refractivity contribution is 0.387. The number of pyridine rings is 1. The molecule has 0 fully saturated rings. The minimum atomic E-state index is -0.810. The van der Waals surface area contributed by atoms with Crippen molar-refractivity contribution in [3.05, 3.63) is 116 Å². The summed E-state index contributed by atoms with van der Waals surface area (Å²) in [5, 5.41) is 12.4. The molecule has 0 radical (unpaired) electrons. The van der Waals surface area contributed by atoms with Crippen LogP contribution in [-0.2, 0) is 0 Å². The molecule has 186 valence electrons. The van der Waals surface area contributed by atoms with Gasteiger partial charge in [0.1, 0.15) is 22.3 Å². The Morgan fingerprint density at radius 2 is 1.66 bits per heavy atom. The standard InChI is InChI=1S/C31H23N3O3S/c1-16-4-8-20(9-5-16)38-30-22(14-19-12-17(2)6-10-24(19)34-30)26-23(15-32)29(33)37-28-21-13-18(3)7-11-25(21)36-31(35)27(26)28/h4-14,26H,33H2,1-3H3. The summed E-state index contributed by atoms with van der Waals surface area (Å²) in [6, 6.07) is 23.9. The monoisotopic (exact) mass is 517 g/mol. The molecule has 1 unspecified atom stereocenters. The number of nitriles is 1. The molecule has 3 aromatic carbocycles. The van der Waals surface area contributed by atoms with Crippen molar-refractivity contribution < 1.29 is 9.15 Å². The summed E-state index contributed by atoms with van der Waals surface area (Å²) in [5.74, 6) is -0.527. The van der Waals surface area contributed by atoms with Crippen LogP contribution in [-0.4, -0.2) is 4.98 Å². The number of ether oxygens (including phenoxy) is 1. The highest BCUT2D eigenvalue weighted by atomic mass is 32.2. The maximum atomic E-state index is 13.5. The number of benzene rings is 3. The zero-order valence-corrected chi connectivity index (χ0v) is 21.8. The molecule has 1 atom stereocenters. The normalized spacial score (nSPS) is 14.8.